The van der Waals surface area contributed by atoms with Gasteiger partial charge in [-0.25, -0.2) is 17.8 Å². The van der Waals surface area contributed by atoms with E-state index in [0.717, 1.165) is 16.6 Å². The van der Waals surface area contributed by atoms with Crippen LogP contribution in [0.1, 0.15) is 16.9 Å². The first-order valence-electron chi connectivity index (χ1n) is 10.8. The van der Waals surface area contributed by atoms with Crippen LogP contribution >= 0.6 is 11.3 Å². The molecule has 0 unspecified atom stereocenters. The van der Waals surface area contributed by atoms with Gasteiger partial charge in [-0.2, -0.15) is 0 Å². The van der Waals surface area contributed by atoms with Gasteiger partial charge in [0.05, 0.1) is 40.7 Å². The number of carbonyl (C=O) groups excluding carboxylic acids is 1. The van der Waals surface area contributed by atoms with E-state index in [1.807, 2.05) is 12.1 Å². The van der Waals surface area contributed by atoms with Gasteiger partial charge in [-0.3, -0.25) is 13.9 Å². The Morgan fingerprint density at radius 1 is 1.14 bits per heavy atom. The Bertz CT molecular complexity index is 1680. The zero-order valence-corrected chi connectivity index (χ0v) is 20.3. The maximum Gasteiger partial charge on any atom is 0.333 e. The van der Waals surface area contributed by atoms with Crippen molar-refractivity contribution >= 4 is 43.9 Å². The molecule has 4 aromatic rings. The van der Waals surface area contributed by atoms with Crippen LogP contribution in [-0.4, -0.2) is 37.6 Å². The van der Waals surface area contributed by atoms with E-state index in [9.17, 15) is 22.8 Å². The second-order valence-electron chi connectivity index (χ2n) is 8.08. The monoisotopic (exact) mass is 511 g/mol. The molecule has 1 N–H and O–H groups in total. The summed E-state index contributed by atoms with van der Waals surface area (Å²) in [5.74, 6) is -0.513. The highest BCUT2D eigenvalue weighted by Gasteiger charge is 2.29. The minimum absolute atomic E-state index is 0.0294. The number of benzene rings is 2. The molecular formula is C24H21N3O6S2. The first-order chi connectivity index (χ1) is 16.8. The molecule has 35 heavy (non-hydrogen) atoms. The summed E-state index contributed by atoms with van der Waals surface area (Å²) in [5.41, 5.74) is 0.664. The van der Waals surface area contributed by atoms with Gasteiger partial charge >= 0.3 is 11.7 Å². The van der Waals surface area contributed by atoms with Gasteiger partial charge in [-0.05, 0) is 42.7 Å². The fourth-order valence-corrected chi connectivity index (χ4v) is 6.86. The van der Waals surface area contributed by atoms with Crippen LogP contribution in [0.3, 0.4) is 0 Å². The second-order valence-corrected chi connectivity index (χ2v) is 10.9. The first kappa shape index (κ1) is 23.1. The predicted octanol–water partition coefficient (Wildman–Crippen LogP) is 2.60. The number of ether oxygens (including phenoxy) is 1. The zero-order chi connectivity index (χ0) is 24.7. The van der Waals surface area contributed by atoms with E-state index in [1.165, 1.54) is 47.0 Å². The molecule has 2 aromatic carbocycles. The highest BCUT2D eigenvalue weighted by atomic mass is 32.2. The average molecular weight is 512 g/mol. The molecule has 0 saturated carbocycles. The number of fused-ring (bicyclic) bond motifs is 2. The number of esters is 1. The molecule has 0 atom stereocenters. The molecule has 11 heteroatoms. The van der Waals surface area contributed by atoms with Gasteiger partial charge in [0.2, 0.25) is 0 Å². The number of sulfonamides is 1. The van der Waals surface area contributed by atoms with Crippen molar-refractivity contribution in [3.8, 4) is 5.69 Å². The lowest BCUT2D eigenvalue weighted by molar-refractivity contribution is -0.139. The molecule has 0 saturated heterocycles. The summed E-state index contributed by atoms with van der Waals surface area (Å²) in [6.07, 6.45) is 1.36. The number of thiophene rings is 1. The predicted molar refractivity (Wildman–Crippen MR) is 133 cm³/mol. The van der Waals surface area contributed by atoms with Crippen molar-refractivity contribution in [1.82, 2.24) is 9.55 Å². The number of anilines is 1. The number of aryl methyl sites for hydroxylation is 1. The van der Waals surface area contributed by atoms with Gasteiger partial charge in [0.1, 0.15) is 0 Å². The van der Waals surface area contributed by atoms with Gasteiger partial charge in [-0.15, -0.1) is 11.3 Å². The lowest BCUT2D eigenvalue weighted by Gasteiger charge is -2.30. The van der Waals surface area contributed by atoms with Gasteiger partial charge in [-0.1, -0.05) is 24.3 Å². The Labute approximate surface area is 204 Å². The van der Waals surface area contributed by atoms with Crippen molar-refractivity contribution in [2.24, 2.45) is 0 Å². The van der Waals surface area contributed by atoms with Crippen molar-refractivity contribution in [2.75, 3.05) is 18.0 Å². The summed E-state index contributed by atoms with van der Waals surface area (Å²) in [6, 6.07) is 13.1. The van der Waals surface area contributed by atoms with Gasteiger partial charge in [0.25, 0.3) is 15.6 Å². The quantitative estimate of drug-likeness (QED) is 0.412. The van der Waals surface area contributed by atoms with Crippen LogP contribution in [-0.2, 0) is 32.4 Å². The molecular weight excluding hydrogens is 490 g/mol. The smallest absolute Gasteiger partial charge is 0.333 e. The number of aromatic nitrogens is 2. The number of hydrogen-bond donors (Lipinski definition) is 1. The lowest BCUT2D eigenvalue weighted by atomic mass is 10.0. The SMILES string of the molecule is COC(=O)Cc1scc2[nH]c(=O)n(-c3cccc(S(=O)(=O)N4CCCc5ccccc54)c3)c(=O)c12. The van der Waals surface area contributed by atoms with Crippen molar-refractivity contribution < 1.29 is 17.9 Å². The van der Waals surface area contributed by atoms with E-state index < -0.39 is 27.2 Å². The Hall–Kier alpha value is -3.70. The van der Waals surface area contributed by atoms with Crippen LogP contribution in [0, 0.1) is 0 Å². The number of nitrogens with one attached hydrogen (secondary N) is 1. The van der Waals surface area contributed by atoms with Gasteiger partial charge < -0.3 is 9.72 Å². The highest BCUT2D eigenvalue weighted by Crippen LogP contribution is 2.32. The number of methoxy groups -OCH3 is 1. The standard InChI is InChI=1S/C24H21N3O6S2/c1-33-21(28)13-20-22-18(14-34-20)25-24(30)27(23(22)29)16-8-4-9-17(12-16)35(31,32)26-11-5-7-15-6-2-3-10-19(15)26/h2-4,6,8-10,12,14H,5,7,11,13H2,1H3,(H,25,30). The molecule has 0 fully saturated rings. The van der Waals surface area contributed by atoms with Crippen LogP contribution in [0.15, 0.2) is 68.4 Å². The molecule has 3 heterocycles. The van der Waals surface area contributed by atoms with E-state index in [0.29, 0.717) is 29.0 Å². The lowest BCUT2D eigenvalue weighted by Crippen LogP contribution is -2.36. The van der Waals surface area contributed by atoms with Gasteiger partial charge in [0, 0.05) is 16.8 Å². The van der Waals surface area contributed by atoms with Crippen LogP contribution in [0.5, 0.6) is 0 Å². The summed E-state index contributed by atoms with van der Waals surface area (Å²) in [5, 5.41) is 1.79. The Kier molecular flexibility index (Phi) is 5.81. The van der Waals surface area contributed by atoms with Crippen molar-refractivity contribution in [3.05, 3.63) is 85.2 Å². The molecule has 0 bridgehead atoms. The third-order valence-corrected chi connectivity index (χ3v) is 8.79. The van der Waals surface area contributed by atoms with Crippen molar-refractivity contribution in [2.45, 2.75) is 24.2 Å². The molecule has 1 aliphatic rings. The number of rotatable bonds is 5. The second kappa shape index (κ2) is 8.82. The largest absolute Gasteiger partial charge is 0.469 e. The number of carbonyl (C=O) groups is 1. The van der Waals surface area contributed by atoms with Crippen LogP contribution < -0.4 is 15.6 Å². The third-order valence-electron chi connectivity index (χ3n) is 5.99. The van der Waals surface area contributed by atoms with Crippen LogP contribution in [0.4, 0.5) is 5.69 Å². The molecule has 5 rings (SSSR count). The van der Waals surface area contributed by atoms with E-state index in [1.54, 1.807) is 17.5 Å². The molecule has 2 aromatic heterocycles. The summed E-state index contributed by atoms with van der Waals surface area (Å²) in [6.45, 7) is 0.335. The summed E-state index contributed by atoms with van der Waals surface area (Å²) in [7, 11) is -2.69. The molecule has 0 radical (unpaired) electrons. The van der Waals surface area contributed by atoms with Crippen molar-refractivity contribution in [3.63, 3.8) is 0 Å². The number of nitrogens with zero attached hydrogens (tertiary/aromatic N) is 2. The van der Waals surface area contributed by atoms with Crippen LogP contribution in [0.25, 0.3) is 16.6 Å². The molecule has 0 aliphatic carbocycles. The molecule has 0 amide bonds. The van der Waals surface area contributed by atoms with E-state index in [2.05, 4.69) is 4.98 Å². The van der Waals surface area contributed by atoms with Crippen molar-refractivity contribution in [1.29, 1.82) is 0 Å². The molecule has 9 nitrogen and oxygen atoms in total. The maximum atomic E-state index is 13.6. The topological polar surface area (TPSA) is 119 Å². The minimum Gasteiger partial charge on any atom is -0.469 e. The molecule has 1 aliphatic heterocycles. The van der Waals surface area contributed by atoms with E-state index >= 15 is 0 Å². The fraction of sp³-hybridized carbons (Fsp3) is 0.208. The molecule has 0 spiro atoms. The summed E-state index contributed by atoms with van der Waals surface area (Å²) in [4.78, 5) is 41.1. The normalized spacial score (nSPS) is 13.6. The fourth-order valence-electron chi connectivity index (χ4n) is 4.33. The zero-order valence-electron chi connectivity index (χ0n) is 18.7. The van der Waals surface area contributed by atoms with Gasteiger partial charge in [0.15, 0.2) is 0 Å². The number of para-hydroxylation sites is 1. The van der Waals surface area contributed by atoms with E-state index in [4.69, 9.17) is 4.74 Å². The first-order valence-corrected chi connectivity index (χ1v) is 13.2. The summed E-state index contributed by atoms with van der Waals surface area (Å²) < 4.78 is 34.1. The Morgan fingerprint density at radius 3 is 2.74 bits per heavy atom. The van der Waals surface area contributed by atoms with E-state index in [-0.39, 0.29) is 22.4 Å². The van der Waals surface area contributed by atoms with Crippen LogP contribution in [0.2, 0.25) is 0 Å². The minimum atomic E-state index is -3.94. The number of H-pyrrole nitrogens is 1. The molecule has 180 valence electrons. The summed E-state index contributed by atoms with van der Waals surface area (Å²) >= 11 is 1.17. The average Bonchev–Trinajstić information content (AvgIpc) is 3.26. The highest BCUT2D eigenvalue weighted by molar-refractivity contribution is 7.92. The third kappa shape index (κ3) is 3.96. The number of hydrogen-bond acceptors (Lipinski definition) is 7. The maximum absolute atomic E-state index is 13.6. The Morgan fingerprint density at radius 2 is 1.94 bits per heavy atom. The number of aromatic amines is 1. The Balaban J connectivity index is 1.62.